The van der Waals surface area contributed by atoms with Crippen LogP contribution >= 0.6 is 11.3 Å². The molecular formula is C12H14N2S. The predicted octanol–water partition coefficient (Wildman–Crippen LogP) is 3.07. The Morgan fingerprint density at radius 1 is 1.33 bits per heavy atom. The molecule has 1 heterocycles. The highest BCUT2D eigenvalue weighted by molar-refractivity contribution is 7.13. The highest BCUT2D eigenvalue weighted by Gasteiger charge is 2.10. The molecule has 1 atom stereocenters. The zero-order chi connectivity index (χ0) is 10.7. The van der Waals surface area contributed by atoms with Gasteiger partial charge in [-0.2, -0.15) is 0 Å². The van der Waals surface area contributed by atoms with Crippen molar-refractivity contribution in [1.29, 1.82) is 0 Å². The summed E-state index contributed by atoms with van der Waals surface area (Å²) < 4.78 is 0. The molecule has 1 unspecified atom stereocenters. The normalized spacial score (nSPS) is 12.6. The van der Waals surface area contributed by atoms with Crippen molar-refractivity contribution < 1.29 is 0 Å². The molecule has 0 saturated heterocycles. The van der Waals surface area contributed by atoms with Crippen molar-refractivity contribution in [2.24, 2.45) is 0 Å². The Hall–Kier alpha value is -1.35. The number of benzene rings is 1. The lowest BCUT2D eigenvalue weighted by Gasteiger charge is -2.10. The molecule has 2 nitrogen and oxygen atoms in total. The molecule has 1 aromatic heterocycles. The fraction of sp³-hybridized carbons (Fsp3) is 0.250. The Bertz CT molecular complexity index is 422. The standard InChI is InChI=1S/C12H14N2S/c1-9(10-5-3-2-4-6-10)7-11-12(13)15-8-14-11/h2-6,8-9H,7,13H2,1H3. The van der Waals surface area contributed by atoms with Gasteiger partial charge < -0.3 is 5.73 Å². The number of thiazole rings is 1. The molecule has 2 aromatic rings. The van der Waals surface area contributed by atoms with Gasteiger partial charge in [-0.25, -0.2) is 4.98 Å². The molecule has 0 aliphatic carbocycles. The van der Waals surface area contributed by atoms with Gasteiger partial charge >= 0.3 is 0 Å². The minimum Gasteiger partial charge on any atom is -0.389 e. The lowest BCUT2D eigenvalue weighted by molar-refractivity contribution is 0.746. The summed E-state index contributed by atoms with van der Waals surface area (Å²) in [4.78, 5) is 4.27. The van der Waals surface area contributed by atoms with Crippen LogP contribution in [-0.2, 0) is 6.42 Å². The zero-order valence-corrected chi connectivity index (χ0v) is 9.50. The van der Waals surface area contributed by atoms with Crippen LogP contribution in [0.5, 0.6) is 0 Å². The molecule has 2 N–H and O–H groups in total. The number of nitrogens with zero attached hydrogens (tertiary/aromatic N) is 1. The third kappa shape index (κ3) is 2.36. The SMILES string of the molecule is CC(Cc1ncsc1N)c1ccccc1. The Morgan fingerprint density at radius 2 is 2.07 bits per heavy atom. The maximum atomic E-state index is 5.82. The molecule has 0 fully saturated rings. The molecule has 0 aliphatic heterocycles. The Balaban J connectivity index is 2.11. The van der Waals surface area contributed by atoms with E-state index in [9.17, 15) is 0 Å². The first kappa shape index (κ1) is 10.2. The van der Waals surface area contributed by atoms with Gasteiger partial charge in [0.15, 0.2) is 0 Å². The molecule has 0 spiro atoms. The van der Waals surface area contributed by atoms with Gasteiger partial charge in [0.25, 0.3) is 0 Å². The largest absolute Gasteiger partial charge is 0.389 e. The first-order chi connectivity index (χ1) is 7.27. The summed E-state index contributed by atoms with van der Waals surface area (Å²) in [6, 6.07) is 10.5. The van der Waals surface area contributed by atoms with Crippen LogP contribution in [0.4, 0.5) is 5.00 Å². The number of nitrogen functional groups attached to an aromatic ring is 1. The topological polar surface area (TPSA) is 38.9 Å². The van der Waals surface area contributed by atoms with Crippen LogP contribution in [-0.4, -0.2) is 4.98 Å². The van der Waals surface area contributed by atoms with Crippen LogP contribution in [0.2, 0.25) is 0 Å². The monoisotopic (exact) mass is 218 g/mol. The minimum atomic E-state index is 0.468. The molecule has 78 valence electrons. The Morgan fingerprint density at radius 3 is 2.67 bits per heavy atom. The average Bonchev–Trinajstić information content (AvgIpc) is 2.66. The van der Waals surface area contributed by atoms with Gasteiger partial charge in [0.1, 0.15) is 5.00 Å². The van der Waals surface area contributed by atoms with Crippen LogP contribution in [0.1, 0.15) is 24.1 Å². The minimum absolute atomic E-state index is 0.468. The van der Waals surface area contributed by atoms with Crippen LogP contribution < -0.4 is 5.73 Å². The molecule has 15 heavy (non-hydrogen) atoms. The van der Waals surface area contributed by atoms with E-state index in [0.717, 1.165) is 17.1 Å². The average molecular weight is 218 g/mol. The quantitative estimate of drug-likeness (QED) is 0.860. The predicted molar refractivity (Wildman–Crippen MR) is 65.1 cm³/mol. The van der Waals surface area contributed by atoms with Crippen molar-refractivity contribution in [3.05, 3.63) is 47.1 Å². The molecule has 0 amide bonds. The highest BCUT2D eigenvalue weighted by Crippen LogP contribution is 2.24. The number of hydrogen-bond acceptors (Lipinski definition) is 3. The van der Waals surface area contributed by atoms with Gasteiger partial charge in [-0.05, 0) is 17.9 Å². The highest BCUT2D eigenvalue weighted by atomic mass is 32.1. The fourth-order valence-corrected chi connectivity index (χ4v) is 2.19. The maximum Gasteiger partial charge on any atom is 0.109 e. The van der Waals surface area contributed by atoms with E-state index in [4.69, 9.17) is 5.73 Å². The van der Waals surface area contributed by atoms with Crippen molar-refractivity contribution in [3.63, 3.8) is 0 Å². The summed E-state index contributed by atoms with van der Waals surface area (Å²) in [5.41, 5.74) is 9.99. The van der Waals surface area contributed by atoms with Crippen molar-refractivity contribution >= 4 is 16.3 Å². The number of aromatic nitrogens is 1. The Kier molecular flexibility index (Phi) is 3.02. The second-order valence-corrected chi connectivity index (χ2v) is 4.57. The number of hydrogen-bond donors (Lipinski definition) is 1. The third-order valence-corrected chi connectivity index (χ3v) is 3.24. The first-order valence-corrected chi connectivity index (χ1v) is 5.88. The summed E-state index contributed by atoms with van der Waals surface area (Å²) in [6.07, 6.45) is 0.916. The van der Waals surface area contributed by atoms with E-state index in [-0.39, 0.29) is 0 Å². The van der Waals surface area contributed by atoms with Crippen LogP contribution in [0.15, 0.2) is 35.8 Å². The summed E-state index contributed by atoms with van der Waals surface area (Å²) >= 11 is 1.51. The second-order valence-electron chi connectivity index (χ2n) is 3.68. The van der Waals surface area contributed by atoms with Gasteiger partial charge in [0.05, 0.1) is 11.2 Å². The smallest absolute Gasteiger partial charge is 0.109 e. The van der Waals surface area contributed by atoms with E-state index in [1.807, 2.05) is 11.6 Å². The number of rotatable bonds is 3. The molecular weight excluding hydrogens is 204 g/mol. The fourth-order valence-electron chi connectivity index (χ4n) is 1.62. The summed E-state index contributed by atoms with van der Waals surface area (Å²) in [5.74, 6) is 0.468. The van der Waals surface area contributed by atoms with Crippen LogP contribution in [0.25, 0.3) is 0 Å². The molecule has 2 rings (SSSR count). The van der Waals surface area contributed by atoms with Crippen molar-refractivity contribution in [1.82, 2.24) is 4.98 Å². The van der Waals surface area contributed by atoms with Gasteiger partial charge in [-0.3, -0.25) is 0 Å². The summed E-state index contributed by atoms with van der Waals surface area (Å²) in [7, 11) is 0. The summed E-state index contributed by atoms with van der Waals surface area (Å²) in [6.45, 7) is 2.20. The maximum absolute atomic E-state index is 5.82. The van der Waals surface area contributed by atoms with E-state index < -0.39 is 0 Å². The molecule has 0 saturated carbocycles. The molecule has 0 radical (unpaired) electrons. The van der Waals surface area contributed by atoms with Gasteiger partial charge in [0, 0.05) is 0 Å². The van der Waals surface area contributed by atoms with E-state index in [1.165, 1.54) is 16.9 Å². The Labute approximate surface area is 93.8 Å². The zero-order valence-electron chi connectivity index (χ0n) is 8.68. The summed E-state index contributed by atoms with van der Waals surface area (Å²) in [5, 5.41) is 0.845. The van der Waals surface area contributed by atoms with Crippen molar-refractivity contribution in [2.75, 3.05) is 5.73 Å². The van der Waals surface area contributed by atoms with Gasteiger partial charge in [-0.15, -0.1) is 11.3 Å². The third-order valence-electron chi connectivity index (χ3n) is 2.54. The molecule has 1 aromatic carbocycles. The van der Waals surface area contributed by atoms with E-state index in [2.05, 4.69) is 36.2 Å². The van der Waals surface area contributed by atoms with Crippen LogP contribution in [0.3, 0.4) is 0 Å². The second kappa shape index (κ2) is 4.45. The lowest BCUT2D eigenvalue weighted by atomic mass is 9.96. The lowest BCUT2D eigenvalue weighted by Crippen LogP contribution is -2.00. The first-order valence-electron chi connectivity index (χ1n) is 5.00. The van der Waals surface area contributed by atoms with E-state index >= 15 is 0 Å². The van der Waals surface area contributed by atoms with Crippen molar-refractivity contribution in [3.8, 4) is 0 Å². The molecule has 0 bridgehead atoms. The number of nitrogens with two attached hydrogens (primary N) is 1. The van der Waals surface area contributed by atoms with Gasteiger partial charge in [0.2, 0.25) is 0 Å². The molecule has 3 heteroatoms. The van der Waals surface area contributed by atoms with Crippen molar-refractivity contribution in [2.45, 2.75) is 19.3 Å². The van der Waals surface area contributed by atoms with E-state index in [0.29, 0.717) is 5.92 Å². The molecule has 0 aliphatic rings. The van der Waals surface area contributed by atoms with E-state index in [1.54, 1.807) is 0 Å². The number of anilines is 1. The van der Waals surface area contributed by atoms with Crippen LogP contribution in [0, 0.1) is 0 Å². The van der Waals surface area contributed by atoms with Gasteiger partial charge in [-0.1, -0.05) is 37.3 Å².